The zero-order valence-corrected chi connectivity index (χ0v) is 17.7. The molecular formula is C25H24F3N3O. The SMILES string of the molecule is CC[C@@H](Nc1ccccn1)C(=O)N1CCc2c(cccc2-c2ccc(C(F)(F)F)cc2)C1. The second kappa shape index (κ2) is 9.02. The monoisotopic (exact) mass is 439 g/mol. The highest BCUT2D eigenvalue weighted by atomic mass is 19.4. The normalized spacial score (nSPS) is 14.6. The Kier molecular flexibility index (Phi) is 6.17. The Hall–Kier alpha value is -3.35. The first-order chi connectivity index (χ1) is 15.4. The van der Waals surface area contributed by atoms with Crippen LogP contribution in [0.1, 0.15) is 30.0 Å². The van der Waals surface area contributed by atoms with Crippen molar-refractivity contribution in [2.75, 3.05) is 11.9 Å². The van der Waals surface area contributed by atoms with Crippen molar-refractivity contribution >= 4 is 11.7 Å². The maximum Gasteiger partial charge on any atom is 0.416 e. The van der Waals surface area contributed by atoms with Crippen molar-refractivity contribution < 1.29 is 18.0 Å². The number of anilines is 1. The number of benzene rings is 2. The van der Waals surface area contributed by atoms with E-state index in [9.17, 15) is 18.0 Å². The number of carbonyl (C=O) groups excluding carboxylic acids is 1. The topological polar surface area (TPSA) is 45.2 Å². The number of alkyl halides is 3. The van der Waals surface area contributed by atoms with Gasteiger partial charge in [-0.3, -0.25) is 4.79 Å². The third-order valence-corrected chi connectivity index (χ3v) is 5.79. The number of aromatic nitrogens is 1. The van der Waals surface area contributed by atoms with Crippen molar-refractivity contribution in [1.29, 1.82) is 0 Å². The molecular weight excluding hydrogens is 415 g/mol. The summed E-state index contributed by atoms with van der Waals surface area (Å²) in [5.74, 6) is 0.679. The summed E-state index contributed by atoms with van der Waals surface area (Å²) >= 11 is 0. The molecule has 4 rings (SSSR count). The molecule has 0 radical (unpaired) electrons. The molecule has 1 N–H and O–H groups in total. The van der Waals surface area contributed by atoms with E-state index in [0.29, 0.717) is 31.7 Å². The van der Waals surface area contributed by atoms with Gasteiger partial charge in [-0.2, -0.15) is 13.2 Å². The molecule has 0 fully saturated rings. The lowest BCUT2D eigenvalue weighted by atomic mass is 9.90. The Morgan fingerprint density at radius 2 is 1.88 bits per heavy atom. The number of hydrogen-bond donors (Lipinski definition) is 1. The minimum atomic E-state index is -4.35. The molecule has 32 heavy (non-hydrogen) atoms. The van der Waals surface area contributed by atoms with Gasteiger partial charge >= 0.3 is 6.18 Å². The molecule has 0 saturated heterocycles. The molecule has 0 saturated carbocycles. The lowest BCUT2D eigenvalue weighted by Crippen LogP contribution is -2.45. The van der Waals surface area contributed by atoms with Crippen LogP contribution in [0.25, 0.3) is 11.1 Å². The fourth-order valence-electron chi connectivity index (χ4n) is 4.09. The van der Waals surface area contributed by atoms with Gasteiger partial charge in [0.15, 0.2) is 0 Å². The molecule has 1 atom stereocenters. The second-order valence-electron chi connectivity index (χ2n) is 7.85. The summed E-state index contributed by atoms with van der Waals surface area (Å²) < 4.78 is 38.7. The van der Waals surface area contributed by atoms with Crippen LogP contribution in [0.3, 0.4) is 0 Å². The quantitative estimate of drug-likeness (QED) is 0.568. The summed E-state index contributed by atoms with van der Waals surface area (Å²) in [5.41, 5.74) is 3.12. The van der Waals surface area contributed by atoms with Crippen LogP contribution < -0.4 is 5.32 Å². The highest BCUT2D eigenvalue weighted by molar-refractivity contribution is 5.85. The highest BCUT2D eigenvalue weighted by Crippen LogP contribution is 2.34. The Balaban J connectivity index is 1.53. The third kappa shape index (κ3) is 4.61. The van der Waals surface area contributed by atoms with Crippen molar-refractivity contribution in [2.45, 2.75) is 38.5 Å². The molecule has 2 heterocycles. The van der Waals surface area contributed by atoms with Gasteiger partial charge in [0.1, 0.15) is 11.9 Å². The number of fused-ring (bicyclic) bond motifs is 1. The minimum Gasteiger partial charge on any atom is -0.358 e. The van der Waals surface area contributed by atoms with Crippen LogP contribution in [0.2, 0.25) is 0 Å². The maximum atomic E-state index is 13.2. The largest absolute Gasteiger partial charge is 0.416 e. The molecule has 3 aromatic rings. The van der Waals surface area contributed by atoms with Gasteiger partial charge in [-0.15, -0.1) is 0 Å². The van der Waals surface area contributed by atoms with Gasteiger partial charge in [-0.1, -0.05) is 43.3 Å². The predicted molar refractivity (Wildman–Crippen MR) is 118 cm³/mol. The van der Waals surface area contributed by atoms with Crippen molar-refractivity contribution in [1.82, 2.24) is 9.88 Å². The number of nitrogens with one attached hydrogen (secondary N) is 1. The average molecular weight is 439 g/mol. The predicted octanol–water partition coefficient (Wildman–Crippen LogP) is 5.54. The van der Waals surface area contributed by atoms with Gasteiger partial charge in [-0.25, -0.2) is 4.98 Å². The zero-order chi connectivity index (χ0) is 22.7. The van der Waals surface area contributed by atoms with E-state index in [0.717, 1.165) is 34.4 Å². The van der Waals surface area contributed by atoms with Crippen LogP contribution in [-0.4, -0.2) is 28.4 Å². The molecule has 1 aliphatic heterocycles. The van der Waals surface area contributed by atoms with Crippen LogP contribution >= 0.6 is 0 Å². The van der Waals surface area contributed by atoms with E-state index in [-0.39, 0.29) is 11.9 Å². The smallest absolute Gasteiger partial charge is 0.358 e. The van der Waals surface area contributed by atoms with Crippen LogP contribution in [0.15, 0.2) is 66.9 Å². The summed E-state index contributed by atoms with van der Waals surface area (Å²) in [6, 6.07) is 16.2. The van der Waals surface area contributed by atoms with Gasteiger partial charge in [0.2, 0.25) is 5.91 Å². The minimum absolute atomic E-state index is 0.0173. The zero-order valence-electron chi connectivity index (χ0n) is 17.7. The molecule has 0 aliphatic carbocycles. The first kappa shape index (κ1) is 21.9. The van der Waals surface area contributed by atoms with Gasteiger partial charge in [0.05, 0.1) is 5.56 Å². The number of halogens is 3. The number of carbonyl (C=O) groups is 1. The first-order valence-electron chi connectivity index (χ1n) is 10.6. The molecule has 1 aromatic heterocycles. The van der Waals surface area contributed by atoms with Crippen LogP contribution in [0, 0.1) is 0 Å². The molecule has 166 valence electrons. The summed E-state index contributed by atoms with van der Waals surface area (Å²) in [4.78, 5) is 19.2. The van der Waals surface area contributed by atoms with Crippen LogP contribution in [0.5, 0.6) is 0 Å². The standard InChI is InChI=1S/C25H24F3N3O/c1-2-22(30-23-8-3-4-14-29-23)24(32)31-15-13-21-18(16-31)6-5-7-20(21)17-9-11-19(12-10-17)25(26,27)28/h3-12,14,22H,2,13,15-16H2,1H3,(H,29,30)/t22-/m1/s1. The summed E-state index contributed by atoms with van der Waals surface area (Å²) in [6.07, 6.45) is -1.39. The fourth-order valence-corrected chi connectivity index (χ4v) is 4.09. The number of pyridine rings is 1. The van der Waals surface area contributed by atoms with Gasteiger partial charge in [-0.05, 0) is 59.4 Å². The van der Waals surface area contributed by atoms with Crippen molar-refractivity contribution in [3.8, 4) is 11.1 Å². The lowest BCUT2D eigenvalue weighted by molar-refractivity contribution is -0.137. The molecule has 0 spiro atoms. The Morgan fingerprint density at radius 1 is 1.09 bits per heavy atom. The van der Waals surface area contributed by atoms with Gasteiger partial charge in [0, 0.05) is 19.3 Å². The van der Waals surface area contributed by atoms with Crippen molar-refractivity contribution in [3.05, 3.63) is 83.6 Å². The van der Waals surface area contributed by atoms with E-state index in [1.165, 1.54) is 12.1 Å². The van der Waals surface area contributed by atoms with E-state index < -0.39 is 11.7 Å². The molecule has 0 bridgehead atoms. The molecule has 7 heteroatoms. The maximum absolute atomic E-state index is 13.2. The van der Waals surface area contributed by atoms with Crippen molar-refractivity contribution in [3.63, 3.8) is 0 Å². The Bertz CT molecular complexity index is 1080. The molecule has 1 amide bonds. The summed E-state index contributed by atoms with van der Waals surface area (Å²) in [7, 11) is 0. The number of rotatable bonds is 5. The second-order valence-corrected chi connectivity index (χ2v) is 7.85. The van der Waals surface area contributed by atoms with E-state index in [1.807, 2.05) is 48.2 Å². The summed E-state index contributed by atoms with van der Waals surface area (Å²) in [6.45, 7) is 2.99. The van der Waals surface area contributed by atoms with E-state index in [4.69, 9.17) is 0 Å². The first-order valence-corrected chi connectivity index (χ1v) is 10.6. The fraction of sp³-hybridized carbons (Fsp3) is 0.280. The van der Waals surface area contributed by atoms with E-state index >= 15 is 0 Å². The Morgan fingerprint density at radius 3 is 2.53 bits per heavy atom. The van der Waals surface area contributed by atoms with Gasteiger partial charge in [0.25, 0.3) is 0 Å². The highest BCUT2D eigenvalue weighted by Gasteiger charge is 2.31. The number of nitrogens with zero attached hydrogens (tertiary/aromatic N) is 2. The molecule has 1 aliphatic rings. The van der Waals surface area contributed by atoms with Crippen molar-refractivity contribution in [2.24, 2.45) is 0 Å². The molecule has 2 aromatic carbocycles. The average Bonchev–Trinajstić information content (AvgIpc) is 2.81. The third-order valence-electron chi connectivity index (χ3n) is 5.79. The van der Waals surface area contributed by atoms with Gasteiger partial charge < -0.3 is 10.2 Å². The lowest BCUT2D eigenvalue weighted by Gasteiger charge is -2.33. The van der Waals surface area contributed by atoms with E-state index in [2.05, 4.69) is 10.3 Å². The summed E-state index contributed by atoms with van der Waals surface area (Å²) in [5, 5.41) is 3.21. The van der Waals surface area contributed by atoms with Crippen LogP contribution in [-0.2, 0) is 23.9 Å². The van der Waals surface area contributed by atoms with Crippen LogP contribution in [0.4, 0.5) is 19.0 Å². The Labute approximate surface area is 185 Å². The molecule has 4 nitrogen and oxygen atoms in total. The van der Waals surface area contributed by atoms with E-state index in [1.54, 1.807) is 6.20 Å². The number of amides is 1. The number of hydrogen-bond acceptors (Lipinski definition) is 3. The molecule has 0 unspecified atom stereocenters.